The Morgan fingerprint density at radius 1 is 1.33 bits per heavy atom. The summed E-state index contributed by atoms with van der Waals surface area (Å²) in [6.07, 6.45) is 0. The van der Waals surface area contributed by atoms with Crippen LogP contribution in [-0.4, -0.2) is 11.7 Å². The number of aliphatic hydroxyl groups excluding tert-OH is 1. The predicted octanol–water partition coefficient (Wildman–Crippen LogP) is 4.15. The molecule has 0 saturated carbocycles. The van der Waals surface area contributed by atoms with Gasteiger partial charge in [-0.1, -0.05) is 33.8 Å². The van der Waals surface area contributed by atoms with Crippen LogP contribution in [0.5, 0.6) is 0 Å². The molecule has 0 bridgehead atoms. The first-order chi connectivity index (χ1) is 8.78. The highest BCUT2D eigenvalue weighted by Gasteiger charge is 2.00. The van der Waals surface area contributed by atoms with Crippen molar-refractivity contribution in [2.24, 2.45) is 0 Å². The summed E-state index contributed by atoms with van der Waals surface area (Å²) in [7, 11) is 0. The Balaban J connectivity index is 1.96. The molecule has 2 aromatic rings. The fourth-order valence-electron chi connectivity index (χ4n) is 1.37. The predicted molar refractivity (Wildman–Crippen MR) is 82.0 cm³/mol. The van der Waals surface area contributed by atoms with Crippen molar-refractivity contribution in [1.82, 2.24) is 0 Å². The monoisotopic (exact) mass is 338 g/mol. The van der Waals surface area contributed by atoms with Gasteiger partial charge in [-0.25, -0.2) is 0 Å². The van der Waals surface area contributed by atoms with E-state index in [-0.39, 0.29) is 6.61 Å². The Hall–Kier alpha value is -0.730. The van der Waals surface area contributed by atoms with E-state index in [2.05, 4.69) is 46.0 Å². The van der Waals surface area contributed by atoms with Crippen LogP contribution < -0.4 is 0 Å². The molecule has 0 aliphatic heterocycles. The van der Waals surface area contributed by atoms with Gasteiger partial charge in [0.2, 0.25) is 0 Å². The first kappa shape index (κ1) is 13.7. The van der Waals surface area contributed by atoms with Gasteiger partial charge in [-0.2, -0.15) is 0 Å². The summed E-state index contributed by atoms with van der Waals surface area (Å²) in [5.74, 6) is 6.52. The summed E-state index contributed by atoms with van der Waals surface area (Å²) in [6, 6.07) is 10.4. The average molecular weight is 339 g/mol. The van der Waals surface area contributed by atoms with Crippen LogP contribution in [-0.2, 0) is 5.75 Å². The van der Waals surface area contributed by atoms with Crippen molar-refractivity contribution in [3.8, 4) is 11.8 Å². The van der Waals surface area contributed by atoms with Crippen LogP contribution in [0.3, 0.4) is 0 Å². The van der Waals surface area contributed by atoms with Crippen molar-refractivity contribution in [3.05, 3.63) is 50.6 Å². The second-order valence-corrected chi connectivity index (χ2v) is 6.47. The molecule has 0 unspecified atom stereocenters. The van der Waals surface area contributed by atoms with E-state index in [0.29, 0.717) is 0 Å². The highest BCUT2D eigenvalue weighted by atomic mass is 79.9. The minimum atomic E-state index is -0.0853. The Morgan fingerprint density at radius 3 is 3.00 bits per heavy atom. The van der Waals surface area contributed by atoms with Gasteiger partial charge in [0.15, 0.2) is 0 Å². The molecule has 18 heavy (non-hydrogen) atoms. The molecule has 0 radical (unpaired) electrons. The van der Waals surface area contributed by atoms with Gasteiger partial charge < -0.3 is 5.11 Å². The lowest BCUT2D eigenvalue weighted by molar-refractivity contribution is 0.350. The molecule has 0 fully saturated rings. The molecule has 1 aromatic carbocycles. The van der Waals surface area contributed by atoms with E-state index in [0.717, 1.165) is 15.8 Å². The number of hydrogen-bond donors (Lipinski definition) is 1. The number of aliphatic hydroxyl groups is 1. The van der Waals surface area contributed by atoms with E-state index >= 15 is 0 Å². The summed E-state index contributed by atoms with van der Waals surface area (Å²) in [5.41, 5.74) is 0.985. The molecule has 0 aliphatic carbocycles. The van der Waals surface area contributed by atoms with E-state index in [1.165, 1.54) is 9.77 Å². The van der Waals surface area contributed by atoms with Crippen molar-refractivity contribution in [2.45, 2.75) is 10.6 Å². The zero-order chi connectivity index (χ0) is 12.8. The molecule has 0 aliphatic rings. The van der Waals surface area contributed by atoms with Crippen molar-refractivity contribution in [3.63, 3.8) is 0 Å². The number of benzene rings is 1. The maximum Gasteiger partial charge on any atom is 0.104 e. The Bertz CT molecular complexity index is 581. The van der Waals surface area contributed by atoms with Crippen molar-refractivity contribution >= 4 is 39.0 Å². The van der Waals surface area contributed by atoms with Crippen LogP contribution in [0.2, 0.25) is 0 Å². The van der Waals surface area contributed by atoms with Gasteiger partial charge in [-0.3, -0.25) is 0 Å². The van der Waals surface area contributed by atoms with E-state index in [9.17, 15) is 0 Å². The SMILES string of the molecule is OCC#Cc1csc(CSc2cccc(Br)c2)c1. The molecule has 1 aromatic heterocycles. The molecule has 4 heteroatoms. The minimum Gasteiger partial charge on any atom is -0.384 e. The van der Waals surface area contributed by atoms with Gasteiger partial charge in [-0.15, -0.1) is 23.1 Å². The second-order valence-electron chi connectivity index (χ2n) is 3.51. The molecule has 1 nitrogen and oxygen atoms in total. The molecular weight excluding hydrogens is 328 g/mol. The fourth-order valence-corrected chi connectivity index (χ4v) is 3.75. The summed E-state index contributed by atoms with van der Waals surface area (Å²) in [5, 5.41) is 10.7. The summed E-state index contributed by atoms with van der Waals surface area (Å²) in [6.45, 7) is -0.0853. The quantitative estimate of drug-likeness (QED) is 0.670. The van der Waals surface area contributed by atoms with E-state index in [1.54, 1.807) is 11.3 Å². The molecular formula is C14H11BrOS2. The Morgan fingerprint density at radius 2 is 2.22 bits per heavy atom. The molecule has 1 heterocycles. The Kier molecular flexibility index (Phi) is 5.33. The van der Waals surface area contributed by atoms with Crippen molar-refractivity contribution < 1.29 is 5.11 Å². The fraction of sp³-hybridized carbons (Fsp3) is 0.143. The first-order valence-corrected chi connectivity index (χ1v) is 7.99. The highest BCUT2D eigenvalue weighted by molar-refractivity contribution is 9.10. The lowest BCUT2D eigenvalue weighted by Crippen LogP contribution is -1.76. The average Bonchev–Trinajstić information content (AvgIpc) is 2.82. The number of thioether (sulfide) groups is 1. The Labute approximate surface area is 123 Å². The van der Waals surface area contributed by atoms with Crippen LogP contribution in [0.15, 0.2) is 45.1 Å². The number of rotatable bonds is 3. The first-order valence-electron chi connectivity index (χ1n) is 5.33. The van der Waals surface area contributed by atoms with E-state index < -0.39 is 0 Å². The molecule has 1 N–H and O–H groups in total. The molecule has 0 amide bonds. The second kappa shape index (κ2) is 7.01. The largest absolute Gasteiger partial charge is 0.384 e. The zero-order valence-electron chi connectivity index (χ0n) is 9.52. The lowest BCUT2D eigenvalue weighted by Gasteiger charge is -1.99. The van der Waals surface area contributed by atoms with Gasteiger partial charge in [0.05, 0.1) is 0 Å². The van der Waals surface area contributed by atoms with Crippen LogP contribution in [0, 0.1) is 11.8 Å². The number of thiophene rings is 1. The van der Waals surface area contributed by atoms with Crippen molar-refractivity contribution in [1.29, 1.82) is 0 Å². The molecule has 0 spiro atoms. The van der Waals surface area contributed by atoms with Gasteiger partial charge in [0, 0.05) is 30.9 Å². The van der Waals surface area contributed by atoms with Crippen LogP contribution in [0.1, 0.15) is 10.4 Å². The third kappa shape index (κ3) is 4.18. The third-order valence-corrected chi connectivity index (χ3v) is 4.80. The topological polar surface area (TPSA) is 20.2 Å². The molecule has 2 rings (SSSR count). The van der Waals surface area contributed by atoms with Crippen LogP contribution in [0.4, 0.5) is 0 Å². The lowest BCUT2D eigenvalue weighted by atomic mass is 10.3. The number of halogens is 1. The highest BCUT2D eigenvalue weighted by Crippen LogP contribution is 2.27. The maximum absolute atomic E-state index is 8.63. The van der Waals surface area contributed by atoms with Crippen LogP contribution in [0.25, 0.3) is 0 Å². The van der Waals surface area contributed by atoms with Gasteiger partial charge in [0.1, 0.15) is 6.61 Å². The van der Waals surface area contributed by atoms with Gasteiger partial charge in [-0.05, 0) is 24.3 Å². The maximum atomic E-state index is 8.63. The number of hydrogen-bond acceptors (Lipinski definition) is 3. The third-order valence-electron chi connectivity index (χ3n) is 2.14. The van der Waals surface area contributed by atoms with Crippen LogP contribution >= 0.6 is 39.0 Å². The molecule has 0 saturated heterocycles. The van der Waals surface area contributed by atoms with Crippen molar-refractivity contribution in [2.75, 3.05) is 6.61 Å². The van der Waals surface area contributed by atoms with E-state index in [4.69, 9.17) is 5.11 Å². The molecule has 92 valence electrons. The minimum absolute atomic E-state index is 0.0853. The summed E-state index contributed by atoms with van der Waals surface area (Å²) < 4.78 is 1.10. The zero-order valence-corrected chi connectivity index (χ0v) is 12.7. The summed E-state index contributed by atoms with van der Waals surface area (Å²) in [4.78, 5) is 2.54. The normalized spacial score (nSPS) is 9.89. The van der Waals surface area contributed by atoms with Gasteiger partial charge in [0.25, 0.3) is 0 Å². The molecule has 0 atom stereocenters. The smallest absolute Gasteiger partial charge is 0.104 e. The summed E-state index contributed by atoms with van der Waals surface area (Å²) >= 11 is 6.98. The standard InChI is InChI=1S/C14H11BrOS2/c15-12-4-1-5-13(8-12)18-10-14-7-11(9-17-14)3-2-6-16/h1,4-5,7-9,16H,6,10H2. The van der Waals surface area contributed by atoms with E-state index in [1.807, 2.05) is 29.3 Å². The van der Waals surface area contributed by atoms with Gasteiger partial charge >= 0.3 is 0 Å².